The molecule has 10 rings (SSSR count). The topological polar surface area (TPSA) is 48.5 Å². The molecule has 0 amide bonds. The van der Waals surface area contributed by atoms with Gasteiger partial charge in [0.15, 0.2) is 11.6 Å². The van der Waals surface area contributed by atoms with E-state index >= 15 is 0 Å². The number of rotatable bonds is 4. The van der Waals surface area contributed by atoms with E-state index in [1.54, 1.807) is 0 Å². The van der Waals surface area contributed by atoms with Gasteiger partial charge in [0.1, 0.15) is 0 Å². The maximum absolute atomic E-state index is 5.15. The van der Waals surface area contributed by atoms with Crippen LogP contribution in [-0.2, 0) is 0 Å². The van der Waals surface area contributed by atoms with Crippen LogP contribution in [0.5, 0.6) is 0 Å². The van der Waals surface area contributed by atoms with E-state index in [0.717, 1.165) is 44.1 Å². The summed E-state index contributed by atoms with van der Waals surface area (Å²) in [7, 11) is 0. The second-order valence-corrected chi connectivity index (χ2v) is 12.1. The normalized spacial score (nSPS) is 11.8. The highest BCUT2D eigenvalue weighted by atomic mass is 15.2. The zero-order valence-corrected chi connectivity index (χ0v) is 25.8. The standard InChI is InChI=1S/C43H27N5/c1-4-15-29(16-5-1)41-44-42(30-17-6-2-7-18-30)46-43(45-41)48-36-23-13-12-22-33(36)34-26-35-39(27-38(34)48)47(31-19-8-3-9-20-31)37-25-24-28-14-10-11-21-32(28)40(35)37/h1-27H. The zero-order chi connectivity index (χ0) is 31.6. The molecule has 0 saturated heterocycles. The molecule has 0 atom stereocenters. The van der Waals surface area contributed by atoms with Gasteiger partial charge in [0.05, 0.1) is 22.1 Å². The van der Waals surface area contributed by atoms with Crippen LogP contribution in [0.3, 0.4) is 0 Å². The molecule has 0 N–H and O–H groups in total. The van der Waals surface area contributed by atoms with Crippen molar-refractivity contribution in [1.29, 1.82) is 0 Å². The SMILES string of the molecule is c1ccc(-c2nc(-c3ccccc3)nc(-n3c4ccccc4c4cc5c6c7ccccc7ccc6n(-c6ccccc6)c5cc43)n2)cc1. The zero-order valence-electron chi connectivity index (χ0n) is 25.8. The average Bonchev–Trinajstić information content (AvgIpc) is 3.67. The molecule has 224 valence electrons. The van der Waals surface area contributed by atoms with Crippen molar-refractivity contribution in [2.45, 2.75) is 0 Å². The summed E-state index contributed by atoms with van der Waals surface area (Å²) >= 11 is 0. The van der Waals surface area contributed by atoms with Crippen LogP contribution in [0.15, 0.2) is 164 Å². The minimum Gasteiger partial charge on any atom is -0.309 e. The molecule has 0 aliphatic heterocycles. The Labute approximate surface area is 276 Å². The highest BCUT2D eigenvalue weighted by Gasteiger charge is 2.21. The van der Waals surface area contributed by atoms with Gasteiger partial charge in [-0.1, -0.05) is 127 Å². The second-order valence-electron chi connectivity index (χ2n) is 12.1. The summed E-state index contributed by atoms with van der Waals surface area (Å²) in [5, 5.41) is 7.25. The fourth-order valence-electron chi connectivity index (χ4n) is 7.22. The molecule has 7 aromatic carbocycles. The quantitative estimate of drug-likeness (QED) is 0.198. The van der Waals surface area contributed by atoms with Gasteiger partial charge in [-0.05, 0) is 47.2 Å². The lowest BCUT2D eigenvalue weighted by Gasteiger charge is -2.11. The van der Waals surface area contributed by atoms with Crippen LogP contribution in [0.25, 0.3) is 88.8 Å². The third-order valence-electron chi connectivity index (χ3n) is 9.35. The number of hydrogen-bond acceptors (Lipinski definition) is 3. The molecule has 3 heterocycles. The average molecular weight is 614 g/mol. The molecule has 0 radical (unpaired) electrons. The van der Waals surface area contributed by atoms with Gasteiger partial charge in [-0.25, -0.2) is 4.98 Å². The minimum atomic E-state index is 0.584. The number of para-hydroxylation sites is 2. The van der Waals surface area contributed by atoms with Crippen LogP contribution in [0.2, 0.25) is 0 Å². The lowest BCUT2D eigenvalue weighted by atomic mass is 10.0. The maximum Gasteiger partial charge on any atom is 0.238 e. The minimum absolute atomic E-state index is 0.584. The van der Waals surface area contributed by atoms with Crippen LogP contribution >= 0.6 is 0 Å². The molecule has 3 aromatic heterocycles. The summed E-state index contributed by atoms with van der Waals surface area (Å²) in [6, 6.07) is 57.3. The van der Waals surface area contributed by atoms with Gasteiger partial charge in [-0.3, -0.25) is 4.57 Å². The van der Waals surface area contributed by atoms with Gasteiger partial charge in [-0.2, -0.15) is 9.97 Å². The third-order valence-corrected chi connectivity index (χ3v) is 9.35. The van der Waals surface area contributed by atoms with E-state index in [0.29, 0.717) is 17.6 Å². The number of fused-ring (bicyclic) bond motifs is 8. The number of nitrogens with zero attached hydrogens (tertiary/aromatic N) is 5. The van der Waals surface area contributed by atoms with Crippen LogP contribution in [0, 0.1) is 0 Å². The molecule has 0 aliphatic carbocycles. The molecule has 0 saturated carbocycles. The molecule has 0 spiro atoms. The number of aromatic nitrogens is 5. The van der Waals surface area contributed by atoms with E-state index in [-0.39, 0.29) is 0 Å². The lowest BCUT2D eigenvalue weighted by molar-refractivity contribution is 0.953. The monoisotopic (exact) mass is 613 g/mol. The lowest BCUT2D eigenvalue weighted by Crippen LogP contribution is -2.06. The van der Waals surface area contributed by atoms with Gasteiger partial charge < -0.3 is 4.57 Å². The molecule has 0 bridgehead atoms. The Morgan fingerprint density at radius 2 is 0.938 bits per heavy atom. The van der Waals surface area contributed by atoms with E-state index in [1.807, 2.05) is 60.7 Å². The van der Waals surface area contributed by atoms with Crippen molar-refractivity contribution in [1.82, 2.24) is 24.1 Å². The summed E-state index contributed by atoms with van der Waals surface area (Å²) in [5.41, 5.74) is 7.39. The summed E-state index contributed by atoms with van der Waals surface area (Å²) < 4.78 is 4.59. The Kier molecular flexibility index (Phi) is 5.81. The molecule has 0 unspecified atom stereocenters. The highest BCUT2D eigenvalue weighted by Crippen LogP contribution is 2.41. The van der Waals surface area contributed by atoms with Gasteiger partial charge in [-0.15, -0.1) is 0 Å². The van der Waals surface area contributed by atoms with Crippen molar-refractivity contribution < 1.29 is 0 Å². The van der Waals surface area contributed by atoms with Crippen LogP contribution in [0.1, 0.15) is 0 Å². The van der Waals surface area contributed by atoms with Crippen LogP contribution in [-0.4, -0.2) is 24.1 Å². The number of benzene rings is 7. The molecule has 5 heteroatoms. The molecule has 0 aliphatic rings. The fraction of sp³-hybridized carbons (Fsp3) is 0. The first-order valence-electron chi connectivity index (χ1n) is 16.1. The van der Waals surface area contributed by atoms with Crippen molar-refractivity contribution in [2.75, 3.05) is 0 Å². The summed E-state index contributed by atoms with van der Waals surface area (Å²) in [4.78, 5) is 15.3. The predicted molar refractivity (Wildman–Crippen MR) is 197 cm³/mol. The molecular formula is C43H27N5. The third kappa shape index (κ3) is 4.01. The van der Waals surface area contributed by atoms with Gasteiger partial charge in [0.25, 0.3) is 0 Å². The van der Waals surface area contributed by atoms with Gasteiger partial charge in [0.2, 0.25) is 5.95 Å². The molecule has 48 heavy (non-hydrogen) atoms. The van der Waals surface area contributed by atoms with Crippen molar-refractivity contribution >= 4 is 54.4 Å². The molecule has 0 fully saturated rings. The first-order chi connectivity index (χ1) is 23.8. The van der Waals surface area contributed by atoms with Crippen molar-refractivity contribution in [3.05, 3.63) is 164 Å². The largest absolute Gasteiger partial charge is 0.309 e. The Balaban J connectivity index is 1.36. The van der Waals surface area contributed by atoms with E-state index < -0.39 is 0 Å². The summed E-state index contributed by atoms with van der Waals surface area (Å²) in [6.45, 7) is 0. The Hall–Kier alpha value is -6.59. The van der Waals surface area contributed by atoms with Gasteiger partial charge in [0, 0.05) is 38.4 Å². The maximum atomic E-state index is 5.15. The molecule has 5 nitrogen and oxygen atoms in total. The fourth-order valence-corrected chi connectivity index (χ4v) is 7.22. The Bertz CT molecular complexity index is 2760. The molecular weight excluding hydrogens is 587 g/mol. The van der Waals surface area contributed by atoms with Crippen molar-refractivity contribution in [3.63, 3.8) is 0 Å². The van der Waals surface area contributed by atoms with Crippen molar-refractivity contribution in [3.8, 4) is 34.4 Å². The van der Waals surface area contributed by atoms with Crippen molar-refractivity contribution in [2.24, 2.45) is 0 Å². The van der Waals surface area contributed by atoms with E-state index in [4.69, 9.17) is 15.0 Å². The first kappa shape index (κ1) is 26.6. The second kappa shape index (κ2) is 10.5. The highest BCUT2D eigenvalue weighted by molar-refractivity contribution is 6.25. The summed E-state index contributed by atoms with van der Waals surface area (Å²) in [5.74, 6) is 1.86. The van der Waals surface area contributed by atoms with E-state index in [9.17, 15) is 0 Å². The van der Waals surface area contributed by atoms with Crippen LogP contribution in [0.4, 0.5) is 0 Å². The van der Waals surface area contributed by atoms with E-state index in [1.165, 1.54) is 27.1 Å². The molecule has 10 aromatic rings. The first-order valence-corrected chi connectivity index (χ1v) is 16.1. The predicted octanol–water partition coefficient (Wildman–Crippen LogP) is 10.6. The Morgan fingerprint density at radius 1 is 0.354 bits per heavy atom. The number of hydrogen-bond donors (Lipinski definition) is 0. The summed E-state index contributed by atoms with van der Waals surface area (Å²) in [6.07, 6.45) is 0. The smallest absolute Gasteiger partial charge is 0.238 e. The Morgan fingerprint density at radius 3 is 1.65 bits per heavy atom. The van der Waals surface area contributed by atoms with Crippen LogP contribution < -0.4 is 0 Å². The van der Waals surface area contributed by atoms with E-state index in [2.05, 4.69) is 112 Å². The van der Waals surface area contributed by atoms with Gasteiger partial charge >= 0.3 is 0 Å².